The number of aliphatic hydroxyl groups excluding tert-OH is 1. The summed E-state index contributed by atoms with van der Waals surface area (Å²) in [5.74, 6) is 2.66. The van der Waals surface area contributed by atoms with Crippen LogP contribution in [0.2, 0.25) is 5.02 Å². The van der Waals surface area contributed by atoms with Gasteiger partial charge in [0.25, 0.3) is 5.91 Å². The van der Waals surface area contributed by atoms with Gasteiger partial charge in [0, 0.05) is 34.8 Å². The van der Waals surface area contributed by atoms with Gasteiger partial charge in [0.15, 0.2) is 0 Å². The molecule has 7 heteroatoms. The molecule has 0 saturated heterocycles. The Labute approximate surface area is 260 Å². The number of carbonyl (C=O) groups is 1. The first-order valence-electron chi connectivity index (χ1n) is 16.0. The Morgan fingerprint density at radius 1 is 1.10 bits per heavy atom. The van der Waals surface area contributed by atoms with Crippen molar-refractivity contribution in [2.24, 2.45) is 23.7 Å². The number of hydrogen-bond acceptors (Lipinski definition) is 5. The lowest BCUT2D eigenvalue weighted by molar-refractivity contribution is 0.0460. The van der Waals surface area contributed by atoms with Crippen molar-refractivity contribution in [3.8, 4) is 5.75 Å². The Morgan fingerprint density at radius 3 is 2.69 bits per heavy atom. The third-order valence-corrected chi connectivity index (χ3v) is 11.8. The largest absolute Gasteiger partial charge is 0.491 e. The lowest BCUT2D eigenvalue weighted by Crippen LogP contribution is -2.44. The number of halogens is 1. The van der Waals surface area contributed by atoms with E-state index >= 15 is 0 Å². The highest BCUT2D eigenvalue weighted by Gasteiger charge is 2.38. The van der Waals surface area contributed by atoms with Crippen LogP contribution in [0.25, 0.3) is 0 Å². The Morgan fingerprint density at radius 2 is 1.95 bits per heavy atom. The number of rotatable bonds is 4. The number of ether oxygens (including phenoxy) is 1. The molecule has 2 heterocycles. The van der Waals surface area contributed by atoms with Crippen LogP contribution in [0.1, 0.15) is 86.2 Å². The zero-order valence-corrected chi connectivity index (χ0v) is 26.5. The number of nitrogens with zero attached hydrogens (tertiary/aromatic N) is 1. The van der Waals surface area contributed by atoms with Crippen LogP contribution in [0, 0.1) is 23.7 Å². The summed E-state index contributed by atoms with van der Waals surface area (Å²) < 4.78 is 9.71. The molecule has 2 fully saturated rings. The number of hydrogen-bond donors (Lipinski definition) is 2. The number of aryl methyl sites for hydroxylation is 1. The molecule has 2 aliphatic heterocycles. The molecule has 5 nitrogen and oxygen atoms in total. The molecule has 2 N–H and O–H groups in total. The van der Waals surface area contributed by atoms with E-state index in [1.54, 1.807) is 11.9 Å². The molecule has 1 amide bonds. The van der Waals surface area contributed by atoms with Gasteiger partial charge < -0.3 is 14.7 Å². The van der Waals surface area contributed by atoms with Gasteiger partial charge in [-0.15, -0.1) is 0 Å². The summed E-state index contributed by atoms with van der Waals surface area (Å²) in [5.41, 5.74) is 4.23. The van der Waals surface area contributed by atoms with E-state index < -0.39 is 6.10 Å². The van der Waals surface area contributed by atoms with Gasteiger partial charge >= 0.3 is 0 Å². The highest BCUT2D eigenvalue weighted by atomic mass is 35.5. The zero-order chi connectivity index (χ0) is 29.2. The molecule has 6 rings (SSSR count). The SMILES string of the molecule is CCCc1cc(Cl)ccc1C1COc2ccc3cc2N(C1)CC1CCC1C(O)/C=C/CC(C)C(C1CCC1)SNC3=O. The molecule has 2 saturated carbocycles. The van der Waals surface area contributed by atoms with E-state index in [0.29, 0.717) is 35.2 Å². The molecular formula is C35H45ClN2O3S. The summed E-state index contributed by atoms with van der Waals surface area (Å²) in [6.45, 7) is 6.69. The monoisotopic (exact) mass is 608 g/mol. The van der Waals surface area contributed by atoms with Crippen molar-refractivity contribution in [1.29, 1.82) is 0 Å². The molecule has 2 aromatic rings. The number of benzene rings is 2. The molecule has 0 spiro atoms. The van der Waals surface area contributed by atoms with Crippen molar-refractivity contribution in [3.63, 3.8) is 0 Å². The first-order chi connectivity index (χ1) is 20.4. The molecule has 2 aromatic carbocycles. The number of nitrogens with one attached hydrogen (secondary N) is 1. The summed E-state index contributed by atoms with van der Waals surface area (Å²) in [4.78, 5) is 15.9. The van der Waals surface area contributed by atoms with Crippen molar-refractivity contribution in [2.45, 2.75) is 82.5 Å². The lowest BCUT2D eigenvalue weighted by atomic mass is 9.70. The standard InChI is InChI=1S/C35H45ClN2O3S/c1-3-6-24-17-28(36)13-15-29(24)27-20-38-19-26-11-14-30(26)32(39)10-4-7-22(2)34(23-8-5-9-23)42-37-35(40)25-12-16-33(41-21-27)31(38)18-25/h4,10,12-13,15-18,22-23,26-27,30,32,34,39H,3,5-9,11,14,19-21H2,1-2H3,(H,37,40)/b10-4+. The van der Waals surface area contributed by atoms with Crippen molar-refractivity contribution in [2.75, 3.05) is 24.6 Å². The van der Waals surface area contributed by atoms with E-state index in [4.69, 9.17) is 16.3 Å². The van der Waals surface area contributed by atoms with Crippen LogP contribution in [0.5, 0.6) is 5.75 Å². The van der Waals surface area contributed by atoms with Crippen molar-refractivity contribution in [3.05, 3.63) is 70.3 Å². The van der Waals surface area contributed by atoms with Gasteiger partial charge in [0.2, 0.25) is 0 Å². The highest BCUT2D eigenvalue weighted by Crippen LogP contribution is 2.44. The summed E-state index contributed by atoms with van der Waals surface area (Å²) >= 11 is 8.02. The number of aliphatic hydroxyl groups is 1. The van der Waals surface area contributed by atoms with Crippen LogP contribution in [0.3, 0.4) is 0 Å². The predicted octanol–water partition coefficient (Wildman–Crippen LogP) is 7.80. The van der Waals surface area contributed by atoms with Crippen LogP contribution in [-0.2, 0) is 6.42 Å². The topological polar surface area (TPSA) is 61.8 Å². The highest BCUT2D eigenvalue weighted by molar-refractivity contribution is 7.98. The van der Waals surface area contributed by atoms with E-state index in [1.165, 1.54) is 30.4 Å². The van der Waals surface area contributed by atoms with Gasteiger partial charge in [0.1, 0.15) is 5.75 Å². The Balaban J connectivity index is 1.33. The van der Waals surface area contributed by atoms with Crippen molar-refractivity contribution < 1.29 is 14.6 Å². The number of carbonyl (C=O) groups excluding carboxylic acids is 1. The third-order valence-electron chi connectivity index (χ3n) is 10.2. The maximum atomic E-state index is 13.5. The molecular weight excluding hydrogens is 564 g/mol. The fourth-order valence-corrected chi connectivity index (χ4v) is 8.71. The molecule has 2 aliphatic carbocycles. The van der Waals surface area contributed by atoms with E-state index in [-0.39, 0.29) is 17.7 Å². The van der Waals surface area contributed by atoms with Gasteiger partial charge in [0.05, 0.1) is 18.4 Å². The molecule has 4 aliphatic rings. The molecule has 6 atom stereocenters. The quantitative estimate of drug-likeness (QED) is 0.274. The van der Waals surface area contributed by atoms with Gasteiger partial charge in [-0.2, -0.15) is 0 Å². The van der Waals surface area contributed by atoms with Gasteiger partial charge in [-0.05, 0) is 116 Å². The number of allylic oxidation sites excluding steroid dienone is 1. The maximum Gasteiger partial charge on any atom is 0.261 e. The minimum Gasteiger partial charge on any atom is -0.491 e. The van der Waals surface area contributed by atoms with Gasteiger partial charge in [-0.25, -0.2) is 0 Å². The third kappa shape index (κ3) is 6.37. The second-order valence-corrected chi connectivity index (χ2v) is 14.4. The summed E-state index contributed by atoms with van der Waals surface area (Å²) in [6.07, 6.45) is 12.7. The Hall–Kier alpha value is -2.15. The van der Waals surface area contributed by atoms with E-state index in [1.807, 2.05) is 30.3 Å². The molecule has 42 heavy (non-hydrogen) atoms. The molecule has 0 radical (unpaired) electrons. The van der Waals surface area contributed by atoms with Crippen molar-refractivity contribution in [1.82, 2.24) is 4.72 Å². The smallest absolute Gasteiger partial charge is 0.261 e. The van der Waals surface area contributed by atoms with E-state index in [0.717, 1.165) is 61.7 Å². The summed E-state index contributed by atoms with van der Waals surface area (Å²) in [6, 6.07) is 12.2. The normalized spacial score (nSPS) is 31.0. The van der Waals surface area contributed by atoms with Crippen LogP contribution in [-0.4, -0.2) is 42.1 Å². The molecule has 6 unspecified atom stereocenters. The maximum absolute atomic E-state index is 13.5. The first kappa shape index (κ1) is 29.9. The zero-order valence-electron chi connectivity index (χ0n) is 24.9. The number of amides is 1. The summed E-state index contributed by atoms with van der Waals surface area (Å²) in [5, 5.41) is 12.4. The first-order valence-corrected chi connectivity index (χ1v) is 17.3. The molecule has 2 bridgehead atoms. The molecule has 226 valence electrons. The van der Waals surface area contributed by atoms with E-state index in [2.05, 4.69) is 41.7 Å². The van der Waals surface area contributed by atoms with Gasteiger partial charge in [-0.3, -0.25) is 9.52 Å². The Kier molecular flexibility index (Phi) is 9.42. The fraction of sp³-hybridized carbons (Fsp3) is 0.571. The average molecular weight is 609 g/mol. The molecule has 0 aromatic heterocycles. The van der Waals surface area contributed by atoms with Crippen LogP contribution in [0.15, 0.2) is 48.6 Å². The van der Waals surface area contributed by atoms with E-state index in [9.17, 15) is 9.90 Å². The summed E-state index contributed by atoms with van der Waals surface area (Å²) in [7, 11) is 0. The minimum absolute atomic E-state index is 0.0393. The average Bonchev–Trinajstić information content (AvgIpc) is 3.11. The van der Waals surface area contributed by atoms with Gasteiger partial charge in [-0.1, -0.05) is 56.5 Å². The predicted molar refractivity (Wildman–Crippen MR) is 174 cm³/mol. The lowest BCUT2D eigenvalue weighted by Gasteiger charge is -2.43. The minimum atomic E-state index is -0.421. The van der Waals surface area contributed by atoms with Crippen LogP contribution in [0.4, 0.5) is 5.69 Å². The fourth-order valence-electron chi connectivity index (χ4n) is 7.34. The van der Waals surface area contributed by atoms with Crippen LogP contribution < -0.4 is 14.4 Å². The van der Waals surface area contributed by atoms with Crippen molar-refractivity contribution >= 4 is 35.1 Å². The number of anilines is 1. The second-order valence-electron chi connectivity index (χ2n) is 13.0. The second kappa shape index (κ2) is 13.2. The number of fused-ring (bicyclic) bond motifs is 2. The van der Waals surface area contributed by atoms with Crippen LogP contribution >= 0.6 is 23.5 Å². The Bertz CT molecular complexity index is 1300.